The van der Waals surface area contributed by atoms with E-state index in [2.05, 4.69) is 16.9 Å². The summed E-state index contributed by atoms with van der Waals surface area (Å²) in [6, 6.07) is 0.0626. The molecule has 1 saturated heterocycles. The summed E-state index contributed by atoms with van der Waals surface area (Å²) in [5.41, 5.74) is 6.95. The van der Waals surface area contributed by atoms with E-state index in [4.69, 9.17) is 10.5 Å². The minimum atomic E-state index is 0.0626. The highest BCUT2D eigenvalue weighted by atomic mass is 32.1. The molecule has 1 aromatic rings. The van der Waals surface area contributed by atoms with E-state index in [0.717, 1.165) is 30.4 Å². The van der Waals surface area contributed by atoms with Gasteiger partial charge in [0.15, 0.2) is 0 Å². The zero-order valence-electron chi connectivity index (χ0n) is 10.1. The fourth-order valence-electron chi connectivity index (χ4n) is 1.92. The van der Waals surface area contributed by atoms with Crippen molar-refractivity contribution in [3.8, 4) is 0 Å². The van der Waals surface area contributed by atoms with Crippen molar-refractivity contribution in [1.82, 2.24) is 9.88 Å². The van der Waals surface area contributed by atoms with E-state index in [1.807, 2.05) is 13.8 Å². The molecule has 0 radical (unpaired) electrons. The van der Waals surface area contributed by atoms with Crippen molar-refractivity contribution in [1.29, 1.82) is 0 Å². The normalized spacial score (nSPS) is 24.6. The zero-order valence-corrected chi connectivity index (χ0v) is 10.9. The van der Waals surface area contributed by atoms with Crippen molar-refractivity contribution in [2.45, 2.75) is 26.0 Å². The molecule has 2 heterocycles. The summed E-state index contributed by atoms with van der Waals surface area (Å²) in [6.45, 7) is 6.73. The quantitative estimate of drug-likeness (QED) is 0.852. The molecule has 1 aromatic heterocycles. The summed E-state index contributed by atoms with van der Waals surface area (Å²) >= 11 is 1.69. The Kier molecular flexibility index (Phi) is 3.59. The molecule has 1 fully saturated rings. The second-order valence-electron chi connectivity index (χ2n) is 4.41. The Hall–Kier alpha value is -0.490. The van der Waals surface area contributed by atoms with Crippen LogP contribution >= 0.6 is 11.3 Å². The lowest BCUT2D eigenvalue weighted by Gasteiger charge is -2.28. The summed E-state index contributed by atoms with van der Waals surface area (Å²) in [5, 5.41) is 1.07. The average Bonchev–Trinajstić information content (AvgIpc) is 2.60. The number of morpholine rings is 1. The predicted octanol–water partition coefficient (Wildman–Crippen LogP) is 1.47. The van der Waals surface area contributed by atoms with Crippen molar-refractivity contribution >= 4 is 11.3 Å². The number of thiazole rings is 1. The molecule has 1 aliphatic rings. The van der Waals surface area contributed by atoms with Gasteiger partial charge in [-0.25, -0.2) is 4.98 Å². The maximum absolute atomic E-state index is 5.90. The second-order valence-corrected chi connectivity index (χ2v) is 5.47. The summed E-state index contributed by atoms with van der Waals surface area (Å²) < 4.78 is 5.75. The van der Waals surface area contributed by atoms with Crippen LogP contribution in [0.1, 0.15) is 34.6 Å². The van der Waals surface area contributed by atoms with Gasteiger partial charge < -0.3 is 15.4 Å². The fourth-order valence-corrected chi connectivity index (χ4v) is 2.98. The van der Waals surface area contributed by atoms with E-state index >= 15 is 0 Å². The van der Waals surface area contributed by atoms with Crippen LogP contribution in [0, 0.1) is 6.92 Å². The highest BCUT2D eigenvalue weighted by molar-refractivity contribution is 7.11. The van der Waals surface area contributed by atoms with Gasteiger partial charge in [0.05, 0.1) is 12.3 Å². The van der Waals surface area contributed by atoms with Gasteiger partial charge in [-0.3, -0.25) is 0 Å². The summed E-state index contributed by atoms with van der Waals surface area (Å²) in [7, 11) is 2.11. The van der Waals surface area contributed by atoms with Gasteiger partial charge in [0.1, 0.15) is 11.1 Å². The summed E-state index contributed by atoms with van der Waals surface area (Å²) in [5.74, 6) is 0. The fraction of sp³-hybridized carbons (Fsp3) is 0.727. The van der Waals surface area contributed by atoms with Crippen LogP contribution in [-0.2, 0) is 4.74 Å². The van der Waals surface area contributed by atoms with Gasteiger partial charge in [0.25, 0.3) is 0 Å². The van der Waals surface area contributed by atoms with Gasteiger partial charge in [-0.2, -0.15) is 0 Å². The largest absolute Gasteiger partial charge is 0.368 e. The van der Waals surface area contributed by atoms with E-state index in [-0.39, 0.29) is 12.1 Å². The maximum Gasteiger partial charge on any atom is 0.123 e. The van der Waals surface area contributed by atoms with Crippen molar-refractivity contribution in [2.75, 3.05) is 26.7 Å². The molecule has 0 bridgehead atoms. The summed E-state index contributed by atoms with van der Waals surface area (Å²) in [4.78, 5) is 8.02. The topological polar surface area (TPSA) is 51.4 Å². The Labute approximate surface area is 100 Å². The third-order valence-electron chi connectivity index (χ3n) is 2.81. The Morgan fingerprint density at radius 1 is 1.62 bits per heavy atom. The van der Waals surface area contributed by atoms with Crippen molar-refractivity contribution in [3.05, 3.63) is 15.6 Å². The minimum absolute atomic E-state index is 0.0626. The number of likely N-dealkylation sites (N-methyl/N-ethyl adjacent to an activating group) is 1. The Morgan fingerprint density at radius 3 is 2.94 bits per heavy atom. The van der Waals surface area contributed by atoms with Crippen LogP contribution in [0.2, 0.25) is 0 Å². The Morgan fingerprint density at radius 2 is 2.38 bits per heavy atom. The lowest BCUT2D eigenvalue weighted by molar-refractivity contribution is -0.0210. The van der Waals surface area contributed by atoms with Crippen LogP contribution in [0.3, 0.4) is 0 Å². The highest BCUT2D eigenvalue weighted by Crippen LogP contribution is 2.30. The van der Waals surface area contributed by atoms with Gasteiger partial charge >= 0.3 is 0 Å². The number of hydrogen-bond acceptors (Lipinski definition) is 5. The first-order chi connectivity index (χ1) is 7.58. The summed E-state index contributed by atoms with van der Waals surface area (Å²) in [6.07, 6.45) is 0.120. The third kappa shape index (κ3) is 2.43. The van der Waals surface area contributed by atoms with Crippen LogP contribution in [0.15, 0.2) is 0 Å². The molecular formula is C11H19N3OS. The molecule has 2 unspecified atom stereocenters. The second kappa shape index (κ2) is 4.79. The Balaban J connectivity index is 2.17. The van der Waals surface area contributed by atoms with E-state index < -0.39 is 0 Å². The molecule has 2 atom stereocenters. The van der Waals surface area contributed by atoms with Crippen LogP contribution in [0.25, 0.3) is 0 Å². The molecule has 1 aliphatic heterocycles. The van der Waals surface area contributed by atoms with Crippen molar-refractivity contribution in [2.24, 2.45) is 5.73 Å². The van der Waals surface area contributed by atoms with E-state index in [1.54, 1.807) is 11.3 Å². The van der Waals surface area contributed by atoms with Gasteiger partial charge in [0.2, 0.25) is 0 Å². The molecular weight excluding hydrogens is 222 g/mol. The number of ether oxygens (including phenoxy) is 1. The van der Waals surface area contributed by atoms with Crippen molar-refractivity contribution < 1.29 is 4.74 Å². The minimum Gasteiger partial charge on any atom is -0.368 e. The Bertz CT molecular complexity index is 364. The first-order valence-electron chi connectivity index (χ1n) is 5.61. The van der Waals surface area contributed by atoms with Gasteiger partial charge in [-0.1, -0.05) is 0 Å². The number of nitrogens with two attached hydrogens (primary N) is 1. The van der Waals surface area contributed by atoms with Crippen molar-refractivity contribution in [3.63, 3.8) is 0 Å². The molecule has 2 N–H and O–H groups in total. The number of nitrogens with zero attached hydrogens (tertiary/aromatic N) is 2. The molecule has 4 nitrogen and oxygen atoms in total. The standard InChI is InChI=1S/C11H19N3OS/c1-7(12)10-8(2)13-11(16-10)9-6-14(3)4-5-15-9/h7,9H,4-6,12H2,1-3H3. The van der Waals surface area contributed by atoms with Gasteiger partial charge in [0, 0.05) is 24.0 Å². The molecule has 16 heavy (non-hydrogen) atoms. The van der Waals surface area contributed by atoms with E-state index in [9.17, 15) is 0 Å². The smallest absolute Gasteiger partial charge is 0.123 e. The molecule has 0 spiro atoms. The van der Waals surface area contributed by atoms with E-state index in [0.29, 0.717) is 0 Å². The lowest BCUT2D eigenvalue weighted by atomic mass is 10.2. The molecule has 90 valence electrons. The third-order valence-corrected chi connectivity index (χ3v) is 4.26. The van der Waals surface area contributed by atoms with E-state index in [1.165, 1.54) is 4.88 Å². The predicted molar refractivity (Wildman–Crippen MR) is 65.6 cm³/mol. The van der Waals surface area contributed by atoms with Crippen LogP contribution < -0.4 is 5.73 Å². The van der Waals surface area contributed by atoms with Crippen LogP contribution in [0.4, 0.5) is 0 Å². The lowest BCUT2D eigenvalue weighted by Crippen LogP contribution is -2.35. The average molecular weight is 241 g/mol. The van der Waals surface area contributed by atoms with Crippen LogP contribution in [0.5, 0.6) is 0 Å². The molecule has 5 heteroatoms. The SMILES string of the molecule is Cc1nc(C2CN(C)CCO2)sc1C(C)N. The number of aryl methyl sites for hydroxylation is 1. The number of hydrogen-bond donors (Lipinski definition) is 1. The first-order valence-corrected chi connectivity index (χ1v) is 6.42. The van der Waals surface area contributed by atoms with Crippen LogP contribution in [-0.4, -0.2) is 36.6 Å². The maximum atomic E-state index is 5.90. The number of rotatable bonds is 2. The molecule has 0 aromatic carbocycles. The highest BCUT2D eigenvalue weighted by Gasteiger charge is 2.24. The van der Waals surface area contributed by atoms with Gasteiger partial charge in [-0.15, -0.1) is 11.3 Å². The monoisotopic (exact) mass is 241 g/mol. The first kappa shape index (κ1) is 12.0. The molecule has 2 rings (SSSR count). The number of aromatic nitrogens is 1. The van der Waals surface area contributed by atoms with Gasteiger partial charge in [-0.05, 0) is 20.9 Å². The molecule has 0 saturated carbocycles. The molecule has 0 aliphatic carbocycles. The molecule has 0 amide bonds. The zero-order chi connectivity index (χ0) is 11.7.